The predicted molar refractivity (Wildman–Crippen MR) is 73.4 cm³/mol. The van der Waals surface area contributed by atoms with Gasteiger partial charge in [0.1, 0.15) is 0 Å². The van der Waals surface area contributed by atoms with Gasteiger partial charge < -0.3 is 4.42 Å². The maximum atomic E-state index is 5.85. The van der Waals surface area contributed by atoms with Gasteiger partial charge in [-0.2, -0.15) is 0 Å². The smallest absolute Gasteiger partial charge is 0.248 e. The maximum absolute atomic E-state index is 5.85. The summed E-state index contributed by atoms with van der Waals surface area (Å²) in [6.07, 6.45) is 4.91. The summed E-state index contributed by atoms with van der Waals surface area (Å²) in [7, 11) is 0. The summed E-state index contributed by atoms with van der Waals surface area (Å²) in [5.41, 5.74) is 2.15. The molecular weight excluding hydrogens is 292 g/mol. The average Bonchev–Trinajstić information content (AvgIpc) is 3.01. The lowest BCUT2D eigenvalue weighted by Gasteiger charge is -2.03. The average molecular weight is 307 g/mol. The summed E-state index contributed by atoms with van der Waals surface area (Å²) in [4.78, 5) is 0. The van der Waals surface area contributed by atoms with E-state index >= 15 is 0 Å². The Kier molecular flexibility index (Phi) is 3.20. The monoisotopic (exact) mass is 306 g/mol. The van der Waals surface area contributed by atoms with E-state index in [1.54, 1.807) is 0 Å². The van der Waals surface area contributed by atoms with Gasteiger partial charge in [0, 0.05) is 16.0 Å². The minimum Gasteiger partial charge on any atom is -0.420 e. The van der Waals surface area contributed by atoms with Gasteiger partial charge in [-0.3, -0.25) is 0 Å². The Morgan fingerprint density at radius 1 is 1.22 bits per heavy atom. The largest absolute Gasteiger partial charge is 0.420 e. The number of hydrogen-bond acceptors (Lipinski definition) is 3. The van der Waals surface area contributed by atoms with E-state index in [9.17, 15) is 0 Å². The van der Waals surface area contributed by atoms with Crippen LogP contribution in [0.25, 0.3) is 11.5 Å². The van der Waals surface area contributed by atoms with Crippen molar-refractivity contribution in [3.63, 3.8) is 0 Å². The van der Waals surface area contributed by atoms with Crippen LogP contribution in [0.5, 0.6) is 0 Å². The van der Waals surface area contributed by atoms with Crippen molar-refractivity contribution >= 4 is 15.9 Å². The minimum atomic E-state index is 0.471. The van der Waals surface area contributed by atoms with E-state index in [4.69, 9.17) is 4.42 Å². The van der Waals surface area contributed by atoms with E-state index in [1.807, 2.05) is 18.2 Å². The standard InChI is InChI=1S/C14H15BrN2O/c1-9-11(7-4-8-12(9)15)14-17-16-13(18-14)10-5-2-3-6-10/h4,7-8,10H,2-3,5-6H2,1H3. The van der Waals surface area contributed by atoms with E-state index in [0.717, 1.165) is 21.5 Å². The molecule has 0 saturated heterocycles. The van der Waals surface area contributed by atoms with Crippen molar-refractivity contribution in [1.29, 1.82) is 0 Å². The Labute approximate surface area is 115 Å². The van der Waals surface area contributed by atoms with Gasteiger partial charge in [0.25, 0.3) is 0 Å². The van der Waals surface area contributed by atoms with Crippen LogP contribution in [-0.2, 0) is 0 Å². The van der Waals surface area contributed by atoms with Crippen LogP contribution in [0, 0.1) is 6.92 Å². The molecule has 1 aliphatic carbocycles. The molecule has 1 fully saturated rings. The van der Waals surface area contributed by atoms with Crippen LogP contribution in [-0.4, -0.2) is 10.2 Å². The van der Waals surface area contributed by atoms with E-state index in [1.165, 1.54) is 25.7 Å². The molecule has 1 heterocycles. The zero-order chi connectivity index (χ0) is 12.5. The van der Waals surface area contributed by atoms with Crippen LogP contribution < -0.4 is 0 Å². The molecule has 1 aliphatic rings. The quantitative estimate of drug-likeness (QED) is 0.822. The molecule has 94 valence electrons. The number of rotatable bonds is 2. The topological polar surface area (TPSA) is 38.9 Å². The third-order valence-electron chi connectivity index (χ3n) is 3.64. The molecule has 0 radical (unpaired) electrons. The van der Waals surface area contributed by atoms with Gasteiger partial charge >= 0.3 is 0 Å². The fourth-order valence-corrected chi connectivity index (χ4v) is 2.89. The Morgan fingerprint density at radius 2 is 2.00 bits per heavy atom. The SMILES string of the molecule is Cc1c(Br)cccc1-c1nnc(C2CCCC2)o1. The maximum Gasteiger partial charge on any atom is 0.248 e. The molecule has 4 heteroatoms. The summed E-state index contributed by atoms with van der Waals surface area (Å²) in [5.74, 6) is 1.91. The summed E-state index contributed by atoms with van der Waals surface area (Å²) in [5, 5.41) is 8.41. The van der Waals surface area contributed by atoms with Crippen molar-refractivity contribution in [2.24, 2.45) is 0 Å². The molecule has 18 heavy (non-hydrogen) atoms. The molecule has 0 atom stereocenters. The predicted octanol–water partition coefficient (Wildman–Crippen LogP) is 4.47. The summed E-state index contributed by atoms with van der Waals surface area (Å²) >= 11 is 3.53. The van der Waals surface area contributed by atoms with Gasteiger partial charge in [0.2, 0.25) is 11.8 Å². The number of benzene rings is 1. The third-order valence-corrected chi connectivity index (χ3v) is 4.50. The van der Waals surface area contributed by atoms with Crippen molar-refractivity contribution in [3.8, 4) is 11.5 Å². The van der Waals surface area contributed by atoms with E-state index in [2.05, 4.69) is 33.1 Å². The van der Waals surface area contributed by atoms with Crippen LogP contribution in [0.1, 0.15) is 43.1 Å². The van der Waals surface area contributed by atoms with Crippen LogP contribution >= 0.6 is 15.9 Å². The van der Waals surface area contributed by atoms with Crippen LogP contribution in [0.2, 0.25) is 0 Å². The Bertz CT molecular complexity index is 559. The number of halogens is 1. The summed E-state index contributed by atoms with van der Waals surface area (Å²) in [6, 6.07) is 6.03. The molecule has 1 aromatic heterocycles. The second-order valence-corrected chi connectivity index (χ2v) is 5.69. The highest BCUT2D eigenvalue weighted by Crippen LogP contribution is 2.35. The lowest BCUT2D eigenvalue weighted by molar-refractivity contribution is 0.457. The van der Waals surface area contributed by atoms with Gasteiger partial charge in [-0.05, 0) is 37.5 Å². The first-order valence-corrected chi connectivity index (χ1v) is 7.14. The minimum absolute atomic E-state index is 0.471. The van der Waals surface area contributed by atoms with Crippen molar-refractivity contribution in [1.82, 2.24) is 10.2 Å². The van der Waals surface area contributed by atoms with E-state index < -0.39 is 0 Å². The summed E-state index contributed by atoms with van der Waals surface area (Å²) in [6.45, 7) is 2.05. The lowest BCUT2D eigenvalue weighted by Crippen LogP contribution is -1.91. The first kappa shape index (κ1) is 11.9. The molecule has 0 spiro atoms. The number of nitrogens with zero attached hydrogens (tertiary/aromatic N) is 2. The normalized spacial score (nSPS) is 16.3. The van der Waals surface area contributed by atoms with Gasteiger partial charge in [-0.25, -0.2) is 0 Å². The zero-order valence-corrected chi connectivity index (χ0v) is 11.9. The number of hydrogen-bond donors (Lipinski definition) is 0. The molecule has 0 N–H and O–H groups in total. The summed E-state index contributed by atoms with van der Waals surface area (Å²) < 4.78 is 6.92. The first-order chi connectivity index (χ1) is 8.75. The molecule has 2 aromatic rings. The molecule has 1 aromatic carbocycles. The van der Waals surface area contributed by atoms with Crippen LogP contribution in [0.3, 0.4) is 0 Å². The van der Waals surface area contributed by atoms with Gasteiger partial charge in [-0.1, -0.05) is 34.8 Å². The fraction of sp³-hybridized carbons (Fsp3) is 0.429. The van der Waals surface area contributed by atoms with Gasteiger partial charge in [0.15, 0.2) is 0 Å². The first-order valence-electron chi connectivity index (χ1n) is 6.34. The van der Waals surface area contributed by atoms with Crippen molar-refractivity contribution in [3.05, 3.63) is 34.1 Å². The Morgan fingerprint density at radius 3 is 2.78 bits per heavy atom. The molecule has 0 unspecified atom stereocenters. The van der Waals surface area contributed by atoms with E-state index in [-0.39, 0.29) is 0 Å². The van der Waals surface area contributed by atoms with E-state index in [0.29, 0.717) is 11.8 Å². The second-order valence-electron chi connectivity index (χ2n) is 4.84. The van der Waals surface area contributed by atoms with Gasteiger partial charge in [-0.15, -0.1) is 10.2 Å². The third kappa shape index (κ3) is 2.09. The van der Waals surface area contributed by atoms with Gasteiger partial charge in [0.05, 0.1) is 0 Å². The molecular formula is C14H15BrN2O. The zero-order valence-electron chi connectivity index (χ0n) is 10.3. The van der Waals surface area contributed by atoms with Crippen molar-refractivity contribution < 1.29 is 4.42 Å². The highest BCUT2D eigenvalue weighted by atomic mass is 79.9. The van der Waals surface area contributed by atoms with Crippen molar-refractivity contribution in [2.45, 2.75) is 38.5 Å². The highest BCUT2D eigenvalue weighted by molar-refractivity contribution is 9.10. The van der Waals surface area contributed by atoms with Crippen molar-refractivity contribution in [2.75, 3.05) is 0 Å². The number of aromatic nitrogens is 2. The Hall–Kier alpha value is -1.16. The molecule has 3 nitrogen and oxygen atoms in total. The molecule has 0 bridgehead atoms. The molecule has 0 aliphatic heterocycles. The molecule has 0 amide bonds. The Balaban J connectivity index is 1.95. The lowest BCUT2D eigenvalue weighted by atomic mass is 10.1. The fourth-order valence-electron chi connectivity index (χ4n) is 2.52. The molecule has 3 rings (SSSR count). The van der Waals surface area contributed by atoms with Crippen LogP contribution in [0.15, 0.2) is 27.1 Å². The molecule has 1 saturated carbocycles. The van der Waals surface area contributed by atoms with Crippen LogP contribution in [0.4, 0.5) is 0 Å². The highest BCUT2D eigenvalue weighted by Gasteiger charge is 2.23. The second kappa shape index (κ2) is 4.84.